The monoisotopic (exact) mass is 118 g/mol. The molecular weight excluding hydrogens is 114 g/mol. The highest BCUT2D eigenvalue weighted by Crippen LogP contribution is 1.92. The molecular formula is C5H4B2O2. The molecule has 1 aromatic rings. The lowest BCUT2D eigenvalue weighted by Crippen LogP contribution is -1.65. The number of carbonyl (C=O) groups excluding carboxylic acids is 1. The molecule has 0 amide bonds. The summed E-state index contributed by atoms with van der Waals surface area (Å²) in [7, 11) is 8.00. The van der Waals surface area contributed by atoms with Crippen LogP contribution in [0.4, 0.5) is 0 Å². The molecule has 0 aliphatic rings. The Balaban J connectivity index is 0.000000291. The summed E-state index contributed by atoms with van der Waals surface area (Å²) >= 11 is 0. The summed E-state index contributed by atoms with van der Waals surface area (Å²) < 4.78 is 4.61. The summed E-state index contributed by atoms with van der Waals surface area (Å²) in [5.41, 5.74) is 0. The number of hydrogen-bond donors (Lipinski definition) is 0. The summed E-state index contributed by atoms with van der Waals surface area (Å²) in [6, 6.07) is 3.27. The summed E-state index contributed by atoms with van der Waals surface area (Å²) in [6.45, 7) is 0. The summed E-state index contributed by atoms with van der Waals surface area (Å²) in [4.78, 5) is 9.77. The van der Waals surface area contributed by atoms with Crippen molar-refractivity contribution in [2.45, 2.75) is 0 Å². The van der Waals surface area contributed by atoms with Crippen molar-refractivity contribution < 1.29 is 9.21 Å². The van der Waals surface area contributed by atoms with Crippen LogP contribution in [0.1, 0.15) is 10.6 Å². The van der Waals surface area contributed by atoms with E-state index in [4.69, 9.17) is 0 Å². The van der Waals surface area contributed by atoms with E-state index in [2.05, 4.69) is 19.9 Å². The first-order valence-corrected chi connectivity index (χ1v) is 2.25. The Morgan fingerprint density at radius 2 is 2.22 bits per heavy atom. The summed E-state index contributed by atoms with van der Waals surface area (Å²) in [5, 5.41) is 0. The molecule has 0 N–H and O–H groups in total. The Bertz CT molecular complexity index is 148. The molecule has 0 aliphatic heterocycles. The fourth-order valence-corrected chi connectivity index (χ4v) is 0.358. The van der Waals surface area contributed by atoms with Gasteiger partial charge in [-0.05, 0) is 12.1 Å². The van der Waals surface area contributed by atoms with E-state index >= 15 is 0 Å². The molecule has 0 spiro atoms. The third-order valence-electron chi connectivity index (χ3n) is 0.659. The maximum Gasteiger partial charge on any atom is 0.185 e. The fraction of sp³-hybridized carbons (Fsp3) is 0. The number of rotatable bonds is 1. The van der Waals surface area contributed by atoms with Crippen molar-refractivity contribution in [1.29, 1.82) is 0 Å². The van der Waals surface area contributed by atoms with Crippen molar-refractivity contribution in [1.82, 2.24) is 0 Å². The Kier molecular flexibility index (Phi) is 4.69. The van der Waals surface area contributed by atoms with E-state index in [0.717, 1.165) is 0 Å². The second-order valence-electron chi connectivity index (χ2n) is 1.13. The molecule has 1 aromatic heterocycles. The number of carbonyl (C=O) groups is 1. The molecule has 4 heteroatoms. The van der Waals surface area contributed by atoms with Crippen molar-refractivity contribution in [2.75, 3.05) is 0 Å². The third kappa shape index (κ3) is 2.80. The molecule has 9 heavy (non-hydrogen) atoms. The van der Waals surface area contributed by atoms with Gasteiger partial charge >= 0.3 is 0 Å². The fourth-order valence-electron chi connectivity index (χ4n) is 0.358. The zero-order valence-corrected chi connectivity index (χ0v) is 4.78. The minimum atomic E-state index is 0.375. The van der Waals surface area contributed by atoms with Gasteiger partial charge < -0.3 is 4.42 Å². The Labute approximate surface area is 56.0 Å². The minimum Gasteiger partial charge on any atom is -0.462 e. The van der Waals surface area contributed by atoms with Crippen LogP contribution in [0.25, 0.3) is 0 Å². The quantitative estimate of drug-likeness (QED) is 0.392. The van der Waals surface area contributed by atoms with Gasteiger partial charge in [0.05, 0.1) is 6.26 Å². The van der Waals surface area contributed by atoms with Crippen LogP contribution in [0, 0.1) is 0 Å². The molecule has 1 rings (SSSR count). The van der Waals surface area contributed by atoms with Gasteiger partial charge in [-0.2, -0.15) is 0 Å². The van der Waals surface area contributed by atoms with Crippen LogP contribution >= 0.6 is 0 Å². The van der Waals surface area contributed by atoms with Crippen LogP contribution in [-0.4, -0.2) is 21.8 Å². The number of hydrogen-bond acceptors (Lipinski definition) is 2. The minimum absolute atomic E-state index is 0.375. The zero-order chi connectivity index (χ0) is 7.11. The van der Waals surface area contributed by atoms with Gasteiger partial charge in [0.15, 0.2) is 12.0 Å². The Morgan fingerprint density at radius 1 is 1.56 bits per heavy atom. The lowest BCUT2D eigenvalue weighted by Gasteiger charge is -1.68. The predicted molar refractivity (Wildman–Crippen MR) is 35.6 cm³/mol. The lowest BCUT2D eigenvalue weighted by molar-refractivity contribution is 0.110. The van der Waals surface area contributed by atoms with E-state index in [1.807, 2.05) is 0 Å². The first-order chi connectivity index (χ1) is 4.43. The normalized spacial score (nSPS) is 7.11. The van der Waals surface area contributed by atoms with Crippen LogP contribution in [0.15, 0.2) is 22.8 Å². The van der Waals surface area contributed by atoms with Gasteiger partial charge in [-0.1, -0.05) is 0 Å². The molecule has 42 valence electrons. The van der Waals surface area contributed by atoms with Gasteiger partial charge in [-0.3, -0.25) is 4.79 Å². The molecule has 0 aliphatic carbocycles. The van der Waals surface area contributed by atoms with Crippen molar-refractivity contribution in [2.24, 2.45) is 0 Å². The Morgan fingerprint density at radius 3 is 2.44 bits per heavy atom. The van der Waals surface area contributed by atoms with E-state index in [9.17, 15) is 4.79 Å². The standard InChI is InChI=1S/C5H4O2.B2/c6-4-5-2-1-3-7-5;1-2/h1-4H;. The van der Waals surface area contributed by atoms with Crippen LogP contribution in [0.5, 0.6) is 0 Å². The SMILES string of the molecule is O=Cc1ccco1.[B][B]. The molecule has 0 fully saturated rings. The highest BCUT2D eigenvalue weighted by Gasteiger charge is 1.84. The van der Waals surface area contributed by atoms with Gasteiger partial charge in [-0.15, -0.1) is 0 Å². The average Bonchev–Trinajstić information content (AvgIpc) is 2.43. The molecule has 1 heterocycles. The molecule has 0 unspecified atom stereocenters. The van der Waals surface area contributed by atoms with E-state index in [0.29, 0.717) is 12.0 Å². The molecule has 0 atom stereocenters. The maximum absolute atomic E-state index is 9.77. The lowest BCUT2D eigenvalue weighted by atomic mass is 9.81. The molecule has 2 nitrogen and oxygen atoms in total. The molecule has 0 aromatic carbocycles. The van der Waals surface area contributed by atoms with Gasteiger partial charge in [0.25, 0.3) is 0 Å². The van der Waals surface area contributed by atoms with E-state index in [-0.39, 0.29) is 0 Å². The van der Waals surface area contributed by atoms with Crippen LogP contribution in [0.2, 0.25) is 0 Å². The maximum atomic E-state index is 9.77. The average molecular weight is 118 g/mol. The van der Waals surface area contributed by atoms with Gasteiger partial charge in [-0.25, -0.2) is 0 Å². The first-order valence-electron chi connectivity index (χ1n) is 2.25. The van der Waals surface area contributed by atoms with E-state index in [1.54, 1.807) is 12.1 Å². The van der Waals surface area contributed by atoms with E-state index in [1.165, 1.54) is 6.26 Å². The Hall–Kier alpha value is -0.920. The number of furan rings is 1. The van der Waals surface area contributed by atoms with Gasteiger partial charge in [0.2, 0.25) is 0 Å². The molecule has 4 radical (unpaired) electrons. The zero-order valence-electron chi connectivity index (χ0n) is 4.78. The van der Waals surface area contributed by atoms with Crippen molar-refractivity contribution in [3.8, 4) is 0 Å². The van der Waals surface area contributed by atoms with Crippen molar-refractivity contribution in [3.05, 3.63) is 24.2 Å². The first kappa shape index (κ1) is 8.08. The van der Waals surface area contributed by atoms with Crippen molar-refractivity contribution in [3.63, 3.8) is 0 Å². The van der Waals surface area contributed by atoms with E-state index < -0.39 is 0 Å². The molecule has 0 saturated carbocycles. The van der Waals surface area contributed by atoms with Gasteiger partial charge in [0, 0.05) is 15.5 Å². The summed E-state index contributed by atoms with van der Waals surface area (Å²) in [6.07, 6.45) is 2.13. The second kappa shape index (κ2) is 5.22. The van der Waals surface area contributed by atoms with Crippen LogP contribution in [0.3, 0.4) is 0 Å². The summed E-state index contributed by atoms with van der Waals surface area (Å²) in [5.74, 6) is 0.375. The van der Waals surface area contributed by atoms with Gasteiger partial charge in [0.1, 0.15) is 0 Å². The highest BCUT2D eigenvalue weighted by atomic mass is 16.3. The predicted octanol–water partition coefficient (Wildman–Crippen LogP) is 0.330. The largest absolute Gasteiger partial charge is 0.462 e. The second-order valence-corrected chi connectivity index (χ2v) is 1.13. The van der Waals surface area contributed by atoms with Crippen LogP contribution in [-0.2, 0) is 0 Å². The topological polar surface area (TPSA) is 30.2 Å². The highest BCUT2D eigenvalue weighted by molar-refractivity contribution is 6.75. The molecule has 0 bridgehead atoms. The van der Waals surface area contributed by atoms with Crippen LogP contribution < -0.4 is 0 Å². The molecule has 0 saturated heterocycles. The third-order valence-corrected chi connectivity index (χ3v) is 0.659. The van der Waals surface area contributed by atoms with Crippen molar-refractivity contribution >= 4 is 21.8 Å². The smallest absolute Gasteiger partial charge is 0.185 e. The number of aldehydes is 1.